The Morgan fingerprint density at radius 1 is 1.11 bits per heavy atom. The summed E-state index contributed by atoms with van der Waals surface area (Å²) in [5.41, 5.74) is 0.929. The molecule has 19 heavy (non-hydrogen) atoms. The Bertz CT molecular complexity index is 393. The normalized spacial score (nSPS) is 9.74. The molecule has 0 saturated carbocycles. The number of benzene rings is 1. The van der Waals surface area contributed by atoms with E-state index < -0.39 is 6.09 Å². The van der Waals surface area contributed by atoms with Crippen molar-refractivity contribution in [1.82, 2.24) is 10.6 Å². The summed E-state index contributed by atoms with van der Waals surface area (Å²) in [4.78, 5) is 22.6. The van der Waals surface area contributed by atoms with Crippen LogP contribution in [0, 0.1) is 0 Å². The molecule has 1 aromatic carbocycles. The van der Waals surface area contributed by atoms with E-state index in [0.717, 1.165) is 12.0 Å². The summed E-state index contributed by atoms with van der Waals surface area (Å²) in [6.45, 7) is 3.16. The minimum atomic E-state index is -0.507. The van der Waals surface area contributed by atoms with Crippen LogP contribution in [0.15, 0.2) is 30.3 Å². The lowest BCUT2D eigenvalue weighted by atomic mass is 10.2. The molecule has 0 fully saturated rings. The molecule has 5 nitrogen and oxygen atoms in total. The van der Waals surface area contributed by atoms with E-state index in [1.807, 2.05) is 37.3 Å². The average molecular weight is 264 g/mol. The van der Waals surface area contributed by atoms with Gasteiger partial charge in [0.05, 0.1) is 0 Å². The number of ether oxygens (including phenoxy) is 1. The van der Waals surface area contributed by atoms with Gasteiger partial charge in [0.1, 0.15) is 6.61 Å². The lowest BCUT2D eigenvalue weighted by Crippen LogP contribution is -2.31. The summed E-state index contributed by atoms with van der Waals surface area (Å²) >= 11 is 0. The molecule has 0 aliphatic rings. The van der Waals surface area contributed by atoms with Crippen LogP contribution in [0.3, 0.4) is 0 Å². The van der Waals surface area contributed by atoms with Crippen molar-refractivity contribution < 1.29 is 14.3 Å². The van der Waals surface area contributed by atoms with Gasteiger partial charge in [-0.3, -0.25) is 4.79 Å². The lowest BCUT2D eigenvalue weighted by Gasteiger charge is -2.07. The summed E-state index contributed by atoms with van der Waals surface area (Å²) in [5.74, 6) is -0.0646. The number of amides is 2. The Labute approximate surface area is 113 Å². The van der Waals surface area contributed by atoms with Crippen LogP contribution in [0.4, 0.5) is 4.79 Å². The summed E-state index contributed by atoms with van der Waals surface area (Å²) in [6.07, 6.45) is 0.658. The number of hydrogen-bond acceptors (Lipinski definition) is 3. The van der Waals surface area contributed by atoms with Gasteiger partial charge in [0.25, 0.3) is 0 Å². The highest BCUT2D eigenvalue weighted by molar-refractivity contribution is 5.76. The van der Waals surface area contributed by atoms with Crippen LogP contribution < -0.4 is 10.6 Å². The van der Waals surface area contributed by atoms with Crippen LogP contribution in [0.5, 0.6) is 0 Å². The highest BCUT2D eigenvalue weighted by atomic mass is 16.5. The van der Waals surface area contributed by atoms with Gasteiger partial charge in [0, 0.05) is 19.5 Å². The predicted molar refractivity (Wildman–Crippen MR) is 72.5 cm³/mol. The largest absolute Gasteiger partial charge is 0.445 e. The van der Waals surface area contributed by atoms with Gasteiger partial charge in [0.15, 0.2) is 0 Å². The SMILES string of the molecule is CCCNC(=O)CCNC(=O)OCc1ccccc1. The van der Waals surface area contributed by atoms with Crippen molar-refractivity contribution in [1.29, 1.82) is 0 Å². The molecule has 2 N–H and O–H groups in total. The Morgan fingerprint density at radius 2 is 1.84 bits per heavy atom. The molecule has 0 radical (unpaired) electrons. The zero-order valence-electron chi connectivity index (χ0n) is 11.1. The van der Waals surface area contributed by atoms with E-state index >= 15 is 0 Å². The van der Waals surface area contributed by atoms with Gasteiger partial charge in [-0.15, -0.1) is 0 Å². The van der Waals surface area contributed by atoms with Crippen molar-refractivity contribution in [2.45, 2.75) is 26.4 Å². The molecule has 0 atom stereocenters. The molecule has 1 rings (SSSR count). The third-order valence-electron chi connectivity index (χ3n) is 2.41. The lowest BCUT2D eigenvalue weighted by molar-refractivity contribution is -0.120. The van der Waals surface area contributed by atoms with Crippen molar-refractivity contribution in [2.24, 2.45) is 0 Å². The first-order chi connectivity index (χ1) is 9.22. The minimum Gasteiger partial charge on any atom is -0.445 e. The van der Waals surface area contributed by atoms with E-state index in [0.29, 0.717) is 6.54 Å². The number of alkyl carbamates (subject to hydrolysis) is 1. The van der Waals surface area contributed by atoms with E-state index in [2.05, 4.69) is 10.6 Å². The molecule has 1 aromatic rings. The van der Waals surface area contributed by atoms with Crippen LogP contribution in [0.2, 0.25) is 0 Å². The smallest absolute Gasteiger partial charge is 0.407 e. The van der Waals surface area contributed by atoms with Crippen LogP contribution in [-0.4, -0.2) is 25.1 Å². The number of hydrogen-bond donors (Lipinski definition) is 2. The standard InChI is InChI=1S/C14H20N2O3/c1-2-9-15-13(17)8-10-16-14(18)19-11-12-6-4-3-5-7-12/h3-7H,2,8-11H2,1H3,(H,15,17)(H,16,18). The molecule has 0 heterocycles. The van der Waals surface area contributed by atoms with Crippen LogP contribution in [0.25, 0.3) is 0 Å². The molecule has 0 aromatic heterocycles. The van der Waals surface area contributed by atoms with Crippen molar-refractivity contribution in [3.05, 3.63) is 35.9 Å². The zero-order chi connectivity index (χ0) is 13.9. The molecule has 5 heteroatoms. The number of carbonyl (C=O) groups excluding carboxylic acids is 2. The van der Waals surface area contributed by atoms with Crippen LogP contribution in [-0.2, 0) is 16.1 Å². The first-order valence-electron chi connectivity index (χ1n) is 6.43. The van der Waals surface area contributed by atoms with Gasteiger partial charge in [0.2, 0.25) is 5.91 Å². The topological polar surface area (TPSA) is 67.4 Å². The quantitative estimate of drug-likeness (QED) is 0.789. The first-order valence-corrected chi connectivity index (χ1v) is 6.43. The minimum absolute atomic E-state index is 0.0646. The fourth-order valence-electron chi connectivity index (χ4n) is 1.41. The third-order valence-corrected chi connectivity index (χ3v) is 2.41. The summed E-state index contributed by atoms with van der Waals surface area (Å²) in [7, 11) is 0. The van der Waals surface area contributed by atoms with E-state index in [4.69, 9.17) is 4.74 Å². The molecule has 0 unspecified atom stereocenters. The maximum atomic E-state index is 11.3. The van der Waals surface area contributed by atoms with Crippen LogP contribution >= 0.6 is 0 Å². The summed E-state index contributed by atoms with van der Waals surface area (Å²) in [6, 6.07) is 9.43. The average Bonchev–Trinajstić information content (AvgIpc) is 2.44. The monoisotopic (exact) mass is 264 g/mol. The Kier molecular flexibility index (Phi) is 7.09. The Morgan fingerprint density at radius 3 is 2.53 bits per heavy atom. The van der Waals surface area contributed by atoms with Gasteiger partial charge in [-0.1, -0.05) is 37.3 Å². The highest BCUT2D eigenvalue weighted by Crippen LogP contribution is 2.00. The maximum Gasteiger partial charge on any atom is 0.407 e. The first kappa shape index (κ1) is 15.0. The molecule has 2 amide bonds. The van der Waals surface area contributed by atoms with Gasteiger partial charge >= 0.3 is 6.09 Å². The molecular weight excluding hydrogens is 244 g/mol. The van der Waals surface area contributed by atoms with Gasteiger partial charge in [-0.05, 0) is 12.0 Å². The van der Waals surface area contributed by atoms with E-state index in [1.165, 1.54) is 0 Å². The highest BCUT2D eigenvalue weighted by Gasteiger charge is 2.04. The molecular formula is C14H20N2O3. The Balaban J connectivity index is 2.10. The molecule has 0 aliphatic carbocycles. The van der Waals surface area contributed by atoms with E-state index in [-0.39, 0.29) is 25.5 Å². The third kappa shape index (κ3) is 7.08. The summed E-state index contributed by atoms with van der Waals surface area (Å²) in [5, 5.41) is 5.27. The van der Waals surface area contributed by atoms with Gasteiger partial charge < -0.3 is 15.4 Å². The summed E-state index contributed by atoms with van der Waals surface area (Å²) < 4.78 is 5.01. The number of carbonyl (C=O) groups is 2. The van der Waals surface area contributed by atoms with Crippen LogP contribution in [0.1, 0.15) is 25.3 Å². The molecule has 0 saturated heterocycles. The second kappa shape index (κ2) is 8.97. The van der Waals surface area contributed by atoms with Gasteiger partial charge in [-0.2, -0.15) is 0 Å². The zero-order valence-corrected chi connectivity index (χ0v) is 11.1. The number of rotatable bonds is 7. The number of nitrogens with one attached hydrogen (secondary N) is 2. The second-order valence-corrected chi connectivity index (χ2v) is 4.09. The van der Waals surface area contributed by atoms with Crippen molar-refractivity contribution in [2.75, 3.05) is 13.1 Å². The molecule has 0 bridgehead atoms. The van der Waals surface area contributed by atoms with Crippen molar-refractivity contribution >= 4 is 12.0 Å². The maximum absolute atomic E-state index is 11.3. The fourth-order valence-corrected chi connectivity index (χ4v) is 1.41. The molecule has 104 valence electrons. The fraction of sp³-hybridized carbons (Fsp3) is 0.429. The molecule has 0 spiro atoms. The predicted octanol–water partition coefficient (Wildman–Crippen LogP) is 1.83. The van der Waals surface area contributed by atoms with Crippen molar-refractivity contribution in [3.8, 4) is 0 Å². The van der Waals surface area contributed by atoms with E-state index in [9.17, 15) is 9.59 Å². The molecule has 0 aliphatic heterocycles. The Hall–Kier alpha value is -2.04. The van der Waals surface area contributed by atoms with Crippen molar-refractivity contribution in [3.63, 3.8) is 0 Å². The second-order valence-electron chi connectivity index (χ2n) is 4.09. The van der Waals surface area contributed by atoms with Gasteiger partial charge in [-0.25, -0.2) is 4.79 Å². The van der Waals surface area contributed by atoms with E-state index in [1.54, 1.807) is 0 Å².